The minimum Gasteiger partial charge on any atom is -0.379 e. The Bertz CT molecular complexity index is 183. The lowest BCUT2D eigenvalue weighted by Crippen LogP contribution is -2.54. The molecule has 2 fully saturated rings. The van der Waals surface area contributed by atoms with Crippen molar-refractivity contribution in [1.82, 2.24) is 4.90 Å². The zero-order valence-corrected chi connectivity index (χ0v) is 8.88. The fourth-order valence-electron chi connectivity index (χ4n) is 3.04. The number of likely N-dealkylation sites (tertiary alicyclic amines) is 1. The van der Waals surface area contributed by atoms with Crippen molar-refractivity contribution in [2.75, 3.05) is 26.8 Å². The minimum atomic E-state index is 0.410. The highest BCUT2D eigenvalue weighted by Gasteiger charge is 2.46. The molecular formula is C11H21NO. The van der Waals surface area contributed by atoms with Gasteiger partial charge < -0.3 is 4.74 Å². The van der Waals surface area contributed by atoms with Crippen molar-refractivity contribution in [1.29, 1.82) is 0 Å². The van der Waals surface area contributed by atoms with E-state index in [1.165, 1.54) is 32.2 Å². The van der Waals surface area contributed by atoms with Crippen LogP contribution in [0.15, 0.2) is 0 Å². The molecule has 0 aliphatic carbocycles. The third-order valence-electron chi connectivity index (χ3n) is 4.04. The first-order chi connectivity index (χ1) is 6.29. The number of hydrogen-bond acceptors (Lipinski definition) is 2. The van der Waals surface area contributed by atoms with Crippen LogP contribution in [0.25, 0.3) is 0 Å². The van der Waals surface area contributed by atoms with Crippen LogP contribution >= 0.6 is 0 Å². The summed E-state index contributed by atoms with van der Waals surface area (Å²) < 4.78 is 5.67. The highest BCUT2D eigenvalue weighted by molar-refractivity contribution is 5.00. The summed E-state index contributed by atoms with van der Waals surface area (Å²) in [5.74, 6) is 0.776. The Morgan fingerprint density at radius 2 is 2.31 bits per heavy atom. The molecule has 0 aromatic carbocycles. The van der Waals surface area contributed by atoms with E-state index in [9.17, 15) is 0 Å². The summed E-state index contributed by atoms with van der Waals surface area (Å²) in [6.45, 7) is 5.52. The van der Waals surface area contributed by atoms with Crippen molar-refractivity contribution in [3.63, 3.8) is 0 Å². The topological polar surface area (TPSA) is 12.5 Å². The quantitative estimate of drug-likeness (QED) is 0.615. The number of hydrogen-bond donors (Lipinski definition) is 0. The lowest BCUT2D eigenvalue weighted by Gasteiger charge is -2.45. The Morgan fingerprint density at radius 1 is 1.46 bits per heavy atom. The lowest BCUT2D eigenvalue weighted by molar-refractivity contribution is 0.0336. The molecule has 2 saturated heterocycles. The van der Waals surface area contributed by atoms with Gasteiger partial charge in [0.1, 0.15) is 0 Å². The monoisotopic (exact) mass is 183 g/mol. The second-order valence-corrected chi connectivity index (χ2v) is 4.60. The molecule has 0 saturated carbocycles. The Kier molecular flexibility index (Phi) is 2.61. The van der Waals surface area contributed by atoms with Crippen LogP contribution in [-0.2, 0) is 4.74 Å². The maximum absolute atomic E-state index is 5.67. The van der Waals surface area contributed by atoms with Gasteiger partial charge in [0.25, 0.3) is 0 Å². The van der Waals surface area contributed by atoms with Gasteiger partial charge in [-0.15, -0.1) is 0 Å². The molecule has 2 aliphatic rings. The molecule has 2 heteroatoms. The number of nitrogens with zero attached hydrogens (tertiary/aromatic N) is 1. The highest BCUT2D eigenvalue weighted by Crippen LogP contribution is 2.39. The third kappa shape index (κ3) is 1.40. The van der Waals surface area contributed by atoms with Gasteiger partial charge in [0.05, 0.1) is 13.2 Å². The maximum Gasteiger partial charge on any atom is 0.0654 e. The van der Waals surface area contributed by atoms with Crippen molar-refractivity contribution in [3.05, 3.63) is 0 Å². The van der Waals surface area contributed by atoms with E-state index in [1.54, 1.807) is 0 Å². The molecule has 0 aromatic heterocycles. The van der Waals surface area contributed by atoms with Gasteiger partial charge in [-0.3, -0.25) is 4.90 Å². The van der Waals surface area contributed by atoms with E-state index in [1.807, 2.05) is 0 Å². The van der Waals surface area contributed by atoms with E-state index in [4.69, 9.17) is 4.74 Å². The number of likely N-dealkylation sites (N-methyl/N-ethyl adjacent to an activating group) is 1. The van der Waals surface area contributed by atoms with Crippen LogP contribution in [0.5, 0.6) is 0 Å². The molecule has 0 radical (unpaired) electrons. The first-order valence-corrected chi connectivity index (χ1v) is 5.58. The molecule has 76 valence electrons. The summed E-state index contributed by atoms with van der Waals surface area (Å²) in [6, 6.07) is 0. The molecule has 2 atom stereocenters. The zero-order valence-electron chi connectivity index (χ0n) is 8.88. The molecule has 2 nitrogen and oxygen atoms in total. The Morgan fingerprint density at radius 3 is 3.00 bits per heavy atom. The van der Waals surface area contributed by atoms with Crippen molar-refractivity contribution >= 4 is 0 Å². The van der Waals surface area contributed by atoms with Crippen LogP contribution < -0.4 is 0 Å². The van der Waals surface area contributed by atoms with Gasteiger partial charge in [-0.2, -0.15) is 0 Å². The maximum atomic E-state index is 5.67. The molecule has 0 N–H and O–H groups in total. The van der Waals surface area contributed by atoms with Gasteiger partial charge in [0, 0.05) is 11.5 Å². The standard InChI is InChI=1S/C11H21NO/c1-3-10-8-13-9-11(10)6-4-5-7-12(11)2/h10H,3-9H2,1-2H3. The van der Waals surface area contributed by atoms with E-state index >= 15 is 0 Å². The second kappa shape index (κ2) is 3.58. The molecular weight excluding hydrogens is 162 g/mol. The number of rotatable bonds is 1. The fraction of sp³-hybridized carbons (Fsp3) is 1.00. The predicted molar refractivity (Wildman–Crippen MR) is 53.8 cm³/mol. The van der Waals surface area contributed by atoms with Crippen LogP contribution in [0, 0.1) is 5.92 Å². The Hall–Kier alpha value is -0.0800. The number of ether oxygens (including phenoxy) is 1. The molecule has 13 heavy (non-hydrogen) atoms. The summed E-state index contributed by atoms with van der Waals surface area (Å²) in [4.78, 5) is 2.55. The van der Waals surface area contributed by atoms with Gasteiger partial charge in [-0.05, 0) is 32.9 Å². The first kappa shape index (κ1) is 9.47. The molecule has 0 amide bonds. The fourth-order valence-corrected chi connectivity index (χ4v) is 3.04. The summed E-state index contributed by atoms with van der Waals surface area (Å²) in [6.07, 6.45) is 5.38. The lowest BCUT2D eigenvalue weighted by atomic mass is 9.77. The van der Waals surface area contributed by atoms with Crippen molar-refractivity contribution in [2.45, 2.75) is 38.1 Å². The smallest absolute Gasteiger partial charge is 0.0654 e. The molecule has 2 aliphatic heterocycles. The van der Waals surface area contributed by atoms with Crippen molar-refractivity contribution in [3.8, 4) is 0 Å². The molecule has 1 spiro atoms. The van der Waals surface area contributed by atoms with Gasteiger partial charge in [0.15, 0.2) is 0 Å². The molecule has 2 unspecified atom stereocenters. The summed E-state index contributed by atoms with van der Waals surface area (Å²) in [7, 11) is 2.27. The van der Waals surface area contributed by atoms with E-state index in [0.29, 0.717) is 5.54 Å². The zero-order chi connectivity index (χ0) is 9.31. The minimum absolute atomic E-state index is 0.410. The summed E-state index contributed by atoms with van der Waals surface area (Å²) in [5.41, 5.74) is 0.410. The summed E-state index contributed by atoms with van der Waals surface area (Å²) >= 11 is 0. The normalized spacial score (nSPS) is 41.5. The van der Waals surface area contributed by atoms with Crippen molar-refractivity contribution in [2.24, 2.45) is 5.92 Å². The van der Waals surface area contributed by atoms with E-state index in [-0.39, 0.29) is 0 Å². The van der Waals surface area contributed by atoms with E-state index in [0.717, 1.165) is 19.1 Å². The van der Waals surface area contributed by atoms with Gasteiger partial charge in [-0.1, -0.05) is 13.3 Å². The van der Waals surface area contributed by atoms with Crippen molar-refractivity contribution < 1.29 is 4.74 Å². The summed E-state index contributed by atoms with van der Waals surface area (Å²) in [5, 5.41) is 0. The third-order valence-corrected chi connectivity index (χ3v) is 4.04. The Balaban J connectivity index is 2.15. The van der Waals surface area contributed by atoms with Crippen LogP contribution in [0.3, 0.4) is 0 Å². The van der Waals surface area contributed by atoms with Gasteiger partial charge in [0.2, 0.25) is 0 Å². The van der Waals surface area contributed by atoms with Crippen LogP contribution in [0.2, 0.25) is 0 Å². The Labute approximate surface area is 81.3 Å². The van der Waals surface area contributed by atoms with Gasteiger partial charge in [-0.25, -0.2) is 0 Å². The molecule has 0 aromatic rings. The second-order valence-electron chi connectivity index (χ2n) is 4.60. The van der Waals surface area contributed by atoms with E-state index < -0.39 is 0 Å². The predicted octanol–water partition coefficient (Wildman–Crippen LogP) is 1.90. The van der Waals surface area contributed by atoms with Crippen LogP contribution in [-0.4, -0.2) is 37.2 Å². The highest BCUT2D eigenvalue weighted by atomic mass is 16.5. The number of piperidine rings is 1. The molecule has 2 rings (SSSR count). The SMILES string of the molecule is CCC1COCC12CCCCN2C. The van der Waals surface area contributed by atoms with Gasteiger partial charge >= 0.3 is 0 Å². The first-order valence-electron chi connectivity index (χ1n) is 5.58. The average Bonchev–Trinajstić information content (AvgIpc) is 2.55. The largest absolute Gasteiger partial charge is 0.379 e. The molecule has 0 bridgehead atoms. The molecule has 2 heterocycles. The van der Waals surface area contributed by atoms with Crippen LogP contribution in [0.4, 0.5) is 0 Å². The van der Waals surface area contributed by atoms with Crippen LogP contribution in [0.1, 0.15) is 32.6 Å². The van der Waals surface area contributed by atoms with E-state index in [2.05, 4.69) is 18.9 Å². The average molecular weight is 183 g/mol.